The fraction of sp³-hybridized carbons (Fsp3) is 0.581. The molecule has 2 aromatic carbocycles. The van der Waals surface area contributed by atoms with E-state index in [-0.39, 0.29) is 24.1 Å². The van der Waals surface area contributed by atoms with Crippen LogP contribution in [-0.4, -0.2) is 64.2 Å². The SMILES string of the molecule is O=C1CCCN1[C@H]1CC[C@@]2(O)[C@H]3Cc4ccc(OCc5ccccc5)c5c4[C@@]2(CCN3CC2CC2)[C@H]1O5. The number of piperidine rings is 1. The number of amides is 1. The summed E-state index contributed by atoms with van der Waals surface area (Å²) in [6.45, 7) is 3.36. The number of likely N-dealkylation sites (tertiary alicyclic amines) is 2. The van der Waals surface area contributed by atoms with Crippen molar-refractivity contribution in [1.29, 1.82) is 0 Å². The van der Waals surface area contributed by atoms with Crippen LogP contribution < -0.4 is 9.47 Å². The summed E-state index contributed by atoms with van der Waals surface area (Å²) in [5.41, 5.74) is 2.27. The van der Waals surface area contributed by atoms with Gasteiger partial charge in [-0.1, -0.05) is 36.4 Å². The van der Waals surface area contributed by atoms with E-state index in [1.165, 1.54) is 24.0 Å². The summed E-state index contributed by atoms with van der Waals surface area (Å²) in [4.78, 5) is 17.6. The van der Waals surface area contributed by atoms with Crippen molar-refractivity contribution in [3.63, 3.8) is 0 Å². The van der Waals surface area contributed by atoms with Crippen LogP contribution in [0.1, 0.15) is 61.6 Å². The predicted molar refractivity (Wildman–Crippen MR) is 139 cm³/mol. The Labute approximate surface area is 218 Å². The van der Waals surface area contributed by atoms with E-state index in [1.807, 2.05) is 18.2 Å². The molecule has 0 radical (unpaired) electrons. The van der Waals surface area contributed by atoms with Crippen LogP contribution in [0, 0.1) is 5.92 Å². The second-order valence-electron chi connectivity index (χ2n) is 12.3. The lowest BCUT2D eigenvalue weighted by Crippen LogP contribution is -2.78. The number of ether oxygens (including phenoxy) is 2. The van der Waals surface area contributed by atoms with Crippen molar-refractivity contribution in [1.82, 2.24) is 9.80 Å². The standard InChI is InChI=1S/C31H36N2O4/c34-26-7-4-15-33(26)23-12-13-31(35)25-17-22-10-11-24(36-19-21-5-2-1-3-6-21)28-27(22)30(31,29(23)37-28)14-16-32(25)18-20-8-9-20/h1-3,5-6,10-11,20,23,25,29,35H,4,7-9,12-19H2/t23-,25+,29-,30-,31+/m0/s1. The summed E-state index contributed by atoms with van der Waals surface area (Å²) in [6, 6.07) is 14.6. The molecule has 37 heavy (non-hydrogen) atoms. The number of carbonyl (C=O) groups is 1. The number of aliphatic hydroxyl groups is 1. The molecule has 3 heterocycles. The molecule has 1 amide bonds. The van der Waals surface area contributed by atoms with Crippen LogP contribution in [0.25, 0.3) is 0 Å². The normalized spacial score (nSPS) is 35.9. The molecular weight excluding hydrogens is 464 g/mol. The Hall–Kier alpha value is -2.57. The van der Waals surface area contributed by atoms with E-state index in [0.717, 1.165) is 74.7 Å². The molecule has 0 unspecified atom stereocenters. The summed E-state index contributed by atoms with van der Waals surface area (Å²) >= 11 is 0. The van der Waals surface area contributed by atoms with Gasteiger partial charge in [0.05, 0.1) is 17.1 Å². The van der Waals surface area contributed by atoms with Gasteiger partial charge in [0.15, 0.2) is 11.5 Å². The molecule has 2 aromatic rings. The van der Waals surface area contributed by atoms with Crippen molar-refractivity contribution < 1.29 is 19.4 Å². The van der Waals surface area contributed by atoms with Gasteiger partial charge in [-0.25, -0.2) is 0 Å². The maximum Gasteiger partial charge on any atom is 0.223 e. The van der Waals surface area contributed by atoms with Gasteiger partial charge in [0.25, 0.3) is 0 Å². The molecule has 6 heteroatoms. The maximum atomic E-state index is 12.9. The van der Waals surface area contributed by atoms with Gasteiger partial charge in [-0.3, -0.25) is 9.69 Å². The third kappa shape index (κ3) is 3.09. The number of carbonyl (C=O) groups excluding carboxylic acids is 1. The average molecular weight is 501 g/mol. The Morgan fingerprint density at radius 1 is 1.05 bits per heavy atom. The first-order valence-electron chi connectivity index (χ1n) is 14.3. The second-order valence-corrected chi connectivity index (χ2v) is 12.3. The van der Waals surface area contributed by atoms with Crippen molar-refractivity contribution in [2.75, 3.05) is 19.6 Å². The largest absolute Gasteiger partial charge is 0.485 e. The van der Waals surface area contributed by atoms with Crippen LogP contribution in [0.3, 0.4) is 0 Å². The highest BCUT2D eigenvalue weighted by molar-refractivity contribution is 5.79. The molecule has 194 valence electrons. The summed E-state index contributed by atoms with van der Waals surface area (Å²) < 4.78 is 13.4. The van der Waals surface area contributed by atoms with Crippen LogP contribution in [0.4, 0.5) is 0 Å². The highest BCUT2D eigenvalue weighted by Gasteiger charge is 2.73. The Bertz CT molecular complexity index is 1250. The molecule has 1 N–H and O–H groups in total. The molecule has 0 aromatic heterocycles. The number of hydrogen-bond donors (Lipinski definition) is 1. The summed E-state index contributed by atoms with van der Waals surface area (Å²) in [5, 5.41) is 12.8. The van der Waals surface area contributed by atoms with Crippen molar-refractivity contribution in [3.8, 4) is 11.5 Å². The molecular formula is C31H36N2O4. The minimum absolute atomic E-state index is 0.00577. The zero-order valence-corrected chi connectivity index (χ0v) is 21.4. The number of nitrogens with zero attached hydrogens (tertiary/aromatic N) is 2. The quantitative estimate of drug-likeness (QED) is 0.654. The molecule has 2 saturated carbocycles. The van der Waals surface area contributed by atoms with Gasteiger partial charge >= 0.3 is 0 Å². The maximum absolute atomic E-state index is 12.9. The fourth-order valence-corrected chi connectivity index (χ4v) is 8.63. The van der Waals surface area contributed by atoms with E-state index in [4.69, 9.17) is 9.47 Å². The summed E-state index contributed by atoms with van der Waals surface area (Å²) in [6.07, 6.45) is 7.21. The second kappa shape index (κ2) is 7.97. The van der Waals surface area contributed by atoms with Gasteiger partial charge in [0.1, 0.15) is 12.7 Å². The molecule has 2 bridgehead atoms. The zero-order chi connectivity index (χ0) is 24.8. The van der Waals surface area contributed by atoms with Crippen LogP contribution in [0.15, 0.2) is 42.5 Å². The molecule has 6 nitrogen and oxygen atoms in total. The van der Waals surface area contributed by atoms with E-state index in [1.54, 1.807) is 0 Å². The van der Waals surface area contributed by atoms with E-state index < -0.39 is 11.0 Å². The Balaban J connectivity index is 1.23. The molecule has 2 saturated heterocycles. The van der Waals surface area contributed by atoms with Gasteiger partial charge in [-0.15, -0.1) is 0 Å². The minimum atomic E-state index is -0.847. The Morgan fingerprint density at radius 2 is 1.92 bits per heavy atom. The van der Waals surface area contributed by atoms with Crippen LogP contribution >= 0.6 is 0 Å². The number of rotatable bonds is 6. The minimum Gasteiger partial charge on any atom is -0.485 e. The van der Waals surface area contributed by atoms with Gasteiger partial charge in [-0.05, 0) is 74.6 Å². The highest BCUT2D eigenvalue weighted by Crippen LogP contribution is 2.66. The van der Waals surface area contributed by atoms with E-state index in [9.17, 15) is 9.90 Å². The first kappa shape index (κ1) is 22.4. The smallest absolute Gasteiger partial charge is 0.223 e. The summed E-state index contributed by atoms with van der Waals surface area (Å²) in [5.74, 6) is 2.62. The predicted octanol–water partition coefficient (Wildman–Crippen LogP) is 3.82. The van der Waals surface area contributed by atoms with Gasteiger partial charge < -0.3 is 19.5 Å². The average Bonchev–Trinajstić information content (AvgIpc) is 3.51. The lowest BCUT2D eigenvalue weighted by molar-refractivity contribution is -0.200. The molecule has 5 atom stereocenters. The monoisotopic (exact) mass is 500 g/mol. The highest BCUT2D eigenvalue weighted by atomic mass is 16.5. The van der Waals surface area contributed by atoms with Gasteiger partial charge in [0.2, 0.25) is 5.91 Å². The zero-order valence-electron chi connectivity index (χ0n) is 21.4. The fourth-order valence-electron chi connectivity index (χ4n) is 8.63. The third-order valence-electron chi connectivity index (χ3n) is 10.5. The third-order valence-corrected chi connectivity index (χ3v) is 10.5. The van der Waals surface area contributed by atoms with Crippen molar-refractivity contribution in [3.05, 3.63) is 59.2 Å². The number of hydrogen-bond acceptors (Lipinski definition) is 5. The first-order valence-corrected chi connectivity index (χ1v) is 14.3. The topological polar surface area (TPSA) is 62.2 Å². The van der Waals surface area contributed by atoms with Crippen LogP contribution in [0.2, 0.25) is 0 Å². The Morgan fingerprint density at radius 3 is 2.70 bits per heavy atom. The molecule has 6 aliphatic rings. The van der Waals surface area contributed by atoms with Gasteiger partial charge in [-0.2, -0.15) is 0 Å². The molecule has 3 aliphatic heterocycles. The first-order chi connectivity index (χ1) is 18.1. The summed E-state index contributed by atoms with van der Waals surface area (Å²) in [7, 11) is 0. The van der Waals surface area contributed by atoms with Crippen molar-refractivity contribution in [2.24, 2.45) is 5.92 Å². The van der Waals surface area contributed by atoms with E-state index >= 15 is 0 Å². The molecule has 3 aliphatic carbocycles. The lowest BCUT2D eigenvalue weighted by Gasteiger charge is -2.64. The van der Waals surface area contributed by atoms with Gasteiger partial charge in [0, 0.05) is 31.1 Å². The molecule has 4 fully saturated rings. The number of benzene rings is 2. The molecule has 8 rings (SSSR count). The molecule has 1 spiro atoms. The van der Waals surface area contributed by atoms with E-state index in [2.05, 4.69) is 34.1 Å². The van der Waals surface area contributed by atoms with Crippen molar-refractivity contribution >= 4 is 5.91 Å². The van der Waals surface area contributed by atoms with Crippen molar-refractivity contribution in [2.45, 2.75) is 87.2 Å². The van der Waals surface area contributed by atoms with Crippen LogP contribution in [0.5, 0.6) is 11.5 Å². The Kier molecular flexibility index (Phi) is 4.83. The van der Waals surface area contributed by atoms with E-state index in [0.29, 0.717) is 13.0 Å². The van der Waals surface area contributed by atoms with Crippen LogP contribution in [-0.2, 0) is 23.2 Å². The lowest BCUT2D eigenvalue weighted by atomic mass is 9.48.